The molecule has 1 saturated heterocycles. The van der Waals surface area contributed by atoms with Gasteiger partial charge in [-0.15, -0.1) is 0 Å². The van der Waals surface area contributed by atoms with E-state index in [9.17, 15) is 8.42 Å². The Balaban J connectivity index is 2.38. The number of sulfonamides is 1. The summed E-state index contributed by atoms with van der Waals surface area (Å²) in [5, 5.41) is 0. The molecule has 112 valence electrons. The van der Waals surface area contributed by atoms with Gasteiger partial charge < -0.3 is 5.73 Å². The summed E-state index contributed by atoms with van der Waals surface area (Å²) in [6, 6.07) is 5.46. The van der Waals surface area contributed by atoms with Gasteiger partial charge in [-0.05, 0) is 45.5 Å². The second-order valence-corrected chi connectivity index (χ2v) is 7.56. The molecule has 5 nitrogen and oxygen atoms in total. The lowest BCUT2D eigenvalue weighted by Gasteiger charge is -2.41. The maximum absolute atomic E-state index is 12.8. The Morgan fingerprint density at radius 1 is 1.20 bits per heavy atom. The fourth-order valence-corrected chi connectivity index (χ4v) is 4.46. The maximum Gasteiger partial charge on any atom is 0.243 e. The summed E-state index contributed by atoms with van der Waals surface area (Å²) in [6.07, 6.45) is 0. The van der Waals surface area contributed by atoms with Crippen LogP contribution in [0.15, 0.2) is 23.1 Å². The van der Waals surface area contributed by atoms with Gasteiger partial charge in [0.25, 0.3) is 0 Å². The first kappa shape index (κ1) is 15.3. The van der Waals surface area contributed by atoms with E-state index in [4.69, 9.17) is 5.73 Å². The lowest BCUT2D eigenvalue weighted by molar-refractivity contribution is 0.105. The van der Waals surface area contributed by atoms with Gasteiger partial charge in [-0.2, -0.15) is 4.31 Å². The molecule has 20 heavy (non-hydrogen) atoms. The molecular weight excluding hydrogens is 274 g/mol. The Bertz CT molecular complexity index is 588. The van der Waals surface area contributed by atoms with E-state index >= 15 is 0 Å². The van der Waals surface area contributed by atoms with Crippen LogP contribution in [0, 0.1) is 6.92 Å². The molecule has 1 heterocycles. The Hall–Kier alpha value is -1.11. The van der Waals surface area contributed by atoms with Gasteiger partial charge in [0.15, 0.2) is 0 Å². The zero-order valence-electron chi connectivity index (χ0n) is 12.5. The lowest BCUT2D eigenvalue weighted by Crippen LogP contribution is -2.56. The van der Waals surface area contributed by atoms with Crippen LogP contribution in [0.3, 0.4) is 0 Å². The third-order valence-corrected chi connectivity index (χ3v) is 6.25. The first-order valence-corrected chi connectivity index (χ1v) is 8.26. The van der Waals surface area contributed by atoms with Crippen LogP contribution in [-0.4, -0.2) is 49.8 Å². The van der Waals surface area contributed by atoms with E-state index in [1.165, 1.54) is 0 Å². The average molecular weight is 297 g/mol. The van der Waals surface area contributed by atoms with Crippen molar-refractivity contribution in [3.63, 3.8) is 0 Å². The quantitative estimate of drug-likeness (QED) is 0.835. The van der Waals surface area contributed by atoms with Crippen molar-refractivity contribution in [2.24, 2.45) is 0 Å². The Morgan fingerprint density at radius 3 is 2.30 bits per heavy atom. The zero-order chi connectivity index (χ0) is 15.1. The van der Waals surface area contributed by atoms with Gasteiger partial charge in [0, 0.05) is 30.9 Å². The van der Waals surface area contributed by atoms with Gasteiger partial charge >= 0.3 is 0 Å². The Kier molecular flexibility index (Phi) is 4.09. The van der Waals surface area contributed by atoms with Crippen LogP contribution >= 0.6 is 0 Å². The summed E-state index contributed by atoms with van der Waals surface area (Å²) in [5.74, 6) is 0. The van der Waals surface area contributed by atoms with Crippen LogP contribution in [0.2, 0.25) is 0 Å². The number of rotatable bonds is 2. The minimum atomic E-state index is -3.48. The average Bonchev–Trinajstić information content (AvgIpc) is 2.38. The van der Waals surface area contributed by atoms with Crippen molar-refractivity contribution in [1.82, 2.24) is 9.21 Å². The summed E-state index contributed by atoms with van der Waals surface area (Å²) >= 11 is 0. The van der Waals surface area contributed by atoms with Crippen molar-refractivity contribution < 1.29 is 8.42 Å². The summed E-state index contributed by atoms with van der Waals surface area (Å²) in [6.45, 7) is 6.87. The minimum absolute atomic E-state index is 0.204. The van der Waals surface area contributed by atoms with Crippen molar-refractivity contribution in [3.05, 3.63) is 23.8 Å². The van der Waals surface area contributed by atoms with Gasteiger partial charge in [-0.1, -0.05) is 6.07 Å². The van der Waals surface area contributed by atoms with E-state index in [1.807, 2.05) is 20.9 Å². The lowest BCUT2D eigenvalue weighted by atomic mass is 10.1. The number of nitrogens with zero attached hydrogens (tertiary/aromatic N) is 2. The first-order chi connectivity index (χ1) is 9.25. The van der Waals surface area contributed by atoms with E-state index < -0.39 is 10.0 Å². The molecular formula is C14H23N3O2S. The van der Waals surface area contributed by atoms with Crippen molar-refractivity contribution in [2.75, 3.05) is 25.9 Å². The highest BCUT2D eigenvalue weighted by Gasteiger charge is 2.35. The Labute approximate surface area is 121 Å². The fraction of sp³-hybridized carbons (Fsp3) is 0.571. The van der Waals surface area contributed by atoms with Crippen LogP contribution in [0.25, 0.3) is 0 Å². The summed E-state index contributed by atoms with van der Waals surface area (Å²) < 4.78 is 27.2. The molecule has 0 aliphatic carbocycles. The highest BCUT2D eigenvalue weighted by atomic mass is 32.2. The molecule has 1 aliphatic rings. The number of piperazine rings is 1. The molecule has 2 rings (SSSR count). The zero-order valence-corrected chi connectivity index (χ0v) is 13.3. The van der Waals surface area contributed by atoms with Crippen molar-refractivity contribution in [2.45, 2.75) is 37.8 Å². The summed E-state index contributed by atoms with van der Waals surface area (Å²) in [7, 11) is -1.45. The first-order valence-electron chi connectivity index (χ1n) is 6.82. The molecule has 0 radical (unpaired) electrons. The standard InChI is InChI=1S/C14H23N3O2S/c1-10-8-17(9-11(2)16(10)4)20(18,19)14-7-5-6-13(15)12(14)3/h5-7,10-11H,8-9,15H2,1-4H3. The SMILES string of the molecule is Cc1c(N)cccc1S(=O)(=O)N1CC(C)N(C)C(C)C1. The van der Waals surface area contributed by atoms with E-state index in [2.05, 4.69) is 4.90 Å². The number of benzene rings is 1. The van der Waals surface area contributed by atoms with Crippen molar-refractivity contribution >= 4 is 15.7 Å². The topological polar surface area (TPSA) is 66.6 Å². The molecule has 2 atom stereocenters. The van der Waals surface area contributed by atoms with Crippen LogP contribution < -0.4 is 5.73 Å². The smallest absolute Gasteiger partial charge is 0.243 e. The predicted molar refractivity (Wildman–Crippen MR) is 81.0 cm³/mol. The van der Waals surface area contributed by atoms with Crippen LogP contribution in [0.4, 0.5) is 5.69 Å². The van der Waals surface area contributed by atoms with E-state index in [0.29, 0.717) is 29.2 Å². The number of hydrogen-bond donors (Lipinski definition) is 1. The third kappa shape index (κ3) is 2.55. The molecule has 1 aromatic rings. The van der Waals surface area contributed by atoms with Crippen molar-refractivity contribution in [3.8, 4) is 0 Å². The molecule has 0 amide bonds. The normalized spacial score (nSPS) is 25.8. The van der Waals surface area contributed by atoms with Crippen molar-refractivity contribution in [1.29, 1.82) is 0 Å². The third-order valence-electron chi connectivity index (χ3n) is 4.27. The second kappa shape index (κ2) is 5.35. The molecule has 0 bridgehead atoms. The molecule has 2 N–H and O–H groups in total. The summed E-state index contributed by atoms with van der Waals surface area (Å²) in [4.78, 5) is 2.53. The fourth-order valence-electron chi connectivity index (χ4n) is 2.60. The molecule has 1 fully saturated rings. The van der Waals surface area contributed by atoms with E-state index in [0.717, 1.165) is 0 Å². The molecule has 0 saturated carbocycles. The molecule has 0 aromatic heterocycles. The number of nitrogen functional groups attached to an aromatic ring is 1. The van der Waals surface area contributed by atoms with E-state index in [-0.39, 0.29) is 12.1 Å². The highest BCUT2D eigenvalue weighted by Crippen LogP contribution is 2.26. The predicted octanol–water partition coefficient (Wildman–Crippen LogP) is 1.29. The van der Waals surface area contributed by atoms with Crippen LogP contribution in [0.5, 0.6) is 0 Å². The molecule has 1 aliphatic heterocycles. The Morgan fingerprint density at radius 2 is 1.75 bits per heavy atom. The van der Waals surface area contributed by atoms with Gasteiger partial charge in [-0.25, -0.2) is 8.42 Å². The minimum Gasteiger partial charge on any atom is -0.398 e. The molecule has 1 aromatic carbocycles. The molecule has 6 heteroatoms. The largest absolute Gasteiger partial charge is 0.398 e. The highest BCUT2D eigenvalue weighted by molar-refractivity contribution is 7.89. The van der Waals surface area contributed by atoms with E-state index in [1.54, 1.807) is 29.4 Å². The maximum atomic E-state index is 12.8. The number of hydrogen-bond acceptors (Lipinski definition) is 4. The van der Waals surface area contributed by atoms with Crippen LogP contribution in [-0.2, 0) is 10.0 Å². The monoisotopic (exact) mass is 297 g/mol. The summed E-state index contributed by atoms with van der Waals surface area (Å²) in [5.41, 5.74) is 6.98. The molecule has 2 unspecified atom stereocenters. The molecule has 0 spiro atoms. The number of anilines is 1. The van der Waals surface area contributed by atoms with Gasteiger partial charge in [0.1, 0.15) is 0 Å². The van der Waals surface area contributed by atoms with Gasteiger partial charge in [0.2, 0.25) is 10.0 Å². The number of likely N-dealkylation sites (N-methyl/N-ethyl adjacent to an activating group) is 1. The number of nitrogens with two attached hydrogens (primary N) is 1. The van der Waals surface area contributed by atoms with Crippen LogP contribution in [0.1, 0.15) is 19.4 Å². The van der Waals surface area contributed by atoms with Gasteiger partial charge in [-0.3, -0.25) is 4.90 Å². The van der Waals surface area contributed by atoms with Gasteiger partial charge in [0.05, 0.1) is 4.90 Å². The second-order valence-electron chi connectivity index (χ2n) is 5.66.